The number of likely N-dealkylation sites (tertiary alicyclic amines) is 1. The van der Waals surface area contributed by atoms with Gasteiger partial charge >= 0.3 is 0 Å². The summed E-state index contributed by atoms with van der Waals surface area (Å²) in [5, 5.41) is 8.18. The van der Waals surface area contributed by atoms with Gasteiger partial charge in [0.25, 0.3) is 0 Å². The second-order valence-electron chi connectivity index (χ2n) is 5.41. The highest BCUT2D eigenvalue weighted by Crippen LogP contribution is 2.27. The van der Waals surface area contributed by atoms with Crippen molar-refractivity contribution >= 4 is 28.9 Å². The zero-order chi connectivity index (χ0) is 14.8. The molecule has 0 aliphatic carbocycles. The molecule has 112 valence electrons. The average molecular weight is 307 g/mol. The van der Waals surface area contributed by atoms with Crippen LogP contribution in [-0.4, -0.2) is 39.8 Å². The van der Waals surface area contributed by atoms with Crippen LogP contribution in [0.2, 0.25) is 5.02 Å². The number of hydrogen-bond acceptors (Lipinski definition) is 5. The topological polar surface area (TPSA) is 72.0 Å². The monoisotopic (exact) mass is 306 g/mol. The molecule has 0 bridgehead atoms. The van der Waals surface area contributed by atoms with Gasteiger partial charge in [-0.15, -0.1) is 0 Å². The molecule has 0 saturated carbocycles. The maximum absolute atomic E-state index is 5.89. The van der Waals surface area contributed by atoms with E-state index in [-0.39, 0.29) is 0 Å². The summed E-state index contributed by atoms with van der Waals surface area (Å²) in [7, 11) is 2.15. The zero-order valence-corrected chi connectivity index (χ0v) is 12.7. The van der Waals surface area contributed by atoms with E-state index in [1.165, 1.54) is 0 Å². The fourth-order valence-electron chi connectivity index (χ4n) is 2.60. The summed E-state index contributed by atoms with van der Waals surface area (Å²) in [5.41, 5.74) is 6.32. The second kappa shape index (κ2) is 5.91. The molecule has 3 heterocycles. The fraction of sp³-hybridized carbons (Fsp3) is 0.429. The first-order chi connectivity index (χ1) is 10.1. The van der Waals surface area contributed by atoms with Gasteiger partial charge in [0.2, 0.25) is 0 Å². The number of nitrogens with zero attached hydrogens (tertiary/aromatic N) is 4. The highest BCUT2D eigenvalue weighted by molar-refractivity contribution is 6.32. The normalized spacial score (nSPS) is 17.0. The minimum Gasteiger partial charge on any atom is -0.397 e. The molecule has 0 spiro atoms. The quantitative estimate of drug-likeness (QED) is 0.911. The van der Waals surface area contributed by atoms with Crippen LogP contribution in [0.3, 0.4) is 0 Å². The minimum atomic E-state index is 0.420. The third-order valence-electron chi connectivity index (χ3n) is 3.85. The Kier molecular flexibility index (Phi) is 3.98. The molecule has 1 fully saturated rings. The van der Waals surface area contributed by atoms with Gasteiger partial charge in [0.1, 0.15) is 11.6 Å². The number of nitrogens with two attached hydrogens (primary N) is 1. The first-order valence-electron chi connectivity index (χ1n) is 7.03. The number of nitrogen functional groups attached to an aromatic ring is 1. The number of anilines is 3. The van der Waals surface area contributed by atoms with Crippen LogP contribution in [0, 0.1) is 0 Å². The van der Waals surface area contributed by atoms with Crippen LogP contribution in [0.5, 0.6) is 0 Å². The Labute approximate surface area is 128 Å². The molecule has 3 N–H and O–H groups in total. The predicted molar refractivity (Wildman–Crippen MR) is 84.9 cm³/mol. The van der Waals surface area contributed by atoms with Crippen molar-refractivity contribution in [2.24, 2.45) is 0 Å². The Balaban J connectivity index is 1.77. The van der Waals surface area contributed by atoms with Crippen LogP contribution in [-0.2, 0) is 0 Å². The lowest BCUT2D eigenvalue weighted by molar-refractivity contribution is 0.214. The van der Waals surface area contributed by atoms with E-state index >= 15 is 0 Å². The SMILES string of the molecule is CN1CCC(n2nccc2Nc2cc(N)c(Cl)cn2)CC1. The maximum Gasteiger partial charge on any atom is 0.133 e. The van der Waals surface area contributed by atoms with Crippen LogP contribution in [0.4, 0.5) is 17.3 Å². The van der Waals surface area contributed by atoms with E-state index in [1.807, 2.05) is 10.7 Å². The predicted octanol–water partition coefficient (Wildman–Crippen LogP) is 2.52. The van der Waals surface area contributed by atoms with E-state index < -0.39 is 0 Å². The third kappa shape index (κ3) is 3.11. The summed E-state index contributed by atoms with van der Waals surface area (Å²) in [4.78, 5) is 6.58. The van der Waals surface area contributed by atoms with Gasteiger partial charge < -0.3 is 16.0 Å². The van der Waals surface area contributed by atoms with Crippen LogP contribution in [0.1, 0.15) is 18.9 Å². The third-order valence-corrected chi connectivity index (χ3v) is 4.16. The minimum absolute atomic E-state index is 0.420. The van der Waals surface area contributed by atoms with Gasteiger partial charge in [0.15, 0.2) is 0 Å². The highest BCUT2D eigenvalue weighted by Gasteiger charge is 2.20. The van der Waals surface area contributed by atoms with E-state index in [1.54, 1.807) is 18.5 Å². The lowest BCUT2D eigenvalue weighted by atomic mass is 10.1. The van der Waals surface area contributed by atoms with Crippen molar-refractivity contribution in [1.29, 1.82) is 0 Å². The van der Waals surface area contributed by atoms with Gasteiger partial charge in [-0.25, -0.2) is 9.67 Å². The van der Waals surface area contributed by atoms with Crippen molar-refractivity contribution in [2.45, 2.75) is 18.9 Å². The smallest absolute Gasteiger partial charge is 0.133 e. The van der Waals surface area contributed by atoms with Crippen molar-refractivity contribution in [2.75, 3.05) is 31.2 Å². The molecule has 0 aromatic carbocycles. The van der Waals surface area contributed by atoms with Gasteiger partial charge in [-0.3, -0.25) is 0 Å². The molecule has 1 aliphatic heterocycles. The molecular formula is C14H19ClN6. The molecule has 1 saturated heterocycles. The standard InChI is InChI=1S/C14H19ClN6/c1-20-6-3-10(4-7-20)21-14(2-5-18-21)19-13-8-12(16)11(15)9-17-13/h2,5,8-10H,3-4,6-7H2,1H3,(H3,16,17,19). The molecule has 3 rings (SSSR count). The number of hydrogen-bond donors (Lipinski definition) is 2. The first-order valence-corrected chi connectivity index (χ1v) is 7.41. The summed E-state index contributed by atoms with van der Waals surface area (Å²) >= 11 is 5.89. The zero-order valence-electron chi connectivity index (χ0n) is 12.0. The van der Waals surface area contributed by atoms with Crippen molar-refractivity contribution in [1.82, 2.24) is 19.7 Å². The fourth-order valence-corrected chi connectivity index (χ4v) is 2.70. The van der Waals surface area contributed by atoms with Gasteiger partial charge in [0.05, 0.1) is 22.9 Å². The van der Waals surface area contributed by atoms with Crippen LogP contribution in [0.25, 0.3) is 0 Å². The maximum atomic E-state index is 5.89. The molecule has 1 aliphatic rings. The Morgan fingerprint density at radius 2 is 2.14 bits per heavy atom. The lowest BCUT2D eigenvalue weighted by Gasteiger charge is -2.30. The molecule has 2 aromatic heterocycles. The van der Waals surface area contributed by atoms with Crippen molar-refractivity contribution < 1.29 is 0 Å². The number of aromatic nitrogens is 3. The lowest BCUT2D eigenvalue weighted by Crippen LogP contribution is -2.32. The van der Waals surface area contributed by atoms with Gasteiger partial charge in [0, 0.05) is 18.3 Å². The van der Waals surface area contributed by atoms with Crippen LogP contribution >= 0.6 is 11.6 Å². The largest absolute Gasteiger partial charge is 0.397 e. The molecular weight excluding hydrogens is 288 g/mol. The van der Waals surface area contributed by atoms with Crippen molar-refractivity contribution in [3.63, 3.8) is 0 Å². The summed E-state index contributed by atoms with van der Waals surface area (Å²) in [6, 6.07) is 4.10. The highest BCUT2D eigenvalue weighted by atomic mass is 35.5. The number of nitrogens with one attached hydrogen (secondary N) is 1. The number of halogens is 1. The number of pyridine rings is 1. The molecule has 7 heteroatoms. The summed E-state index contributed by atoms with van der Waals surface area (Å²) in [6.45, 7) is 2.19. The van der Waals surface area contributed by atoms with E-state index in [2.05, 4.69) is 27.3 Å². The first kappa shape index (κ1) is 14.2. The Morgan fingerprint density at radius 3 is 2.86 bits per heavy atom. The molecule has 0 amide bonds. The van der Waals surface area contributed by atoms with E-state index in [9.17, 15) is 0 Å². The molecule has 0 unspecified atom stereocenters. The summed E-state index contributed by atoms with van der Waals surface area (Å²) in [5.74, 6) is 1.60. The Morgan fingerprint density at radius 1 is 1.38 bits per heavy atom. The van der Waals surface area contributed by atoms with E-state index in [0.29, 0.717) is 22.6 Å². The molecule has 2 aromatic rings. The van der Waals surface area contributed by atoms with Gasteiger partial charge in [-0.05, 0) is 33.0 Å². The van der Waals surface area contributed by atoms with Crippen LogP contribution < -0.4 is 11.1 Å². The molecule has 21 heavy (non-hydrogen) atoms. The van der Waals surface area contributed by atoms with E-state index in [0.717, 1.165) is 31.7 Å². The van der Waals surface area contributed by atoms with E-state index in [4.69, 9.17) is 17.3 Å². The number of piperidine rings is 1. The van der Waals surface area contributed by atoms with Crippen molar-refractivity contribution in [3.8, 4) is 0 Å². The summed E-state index contributed by atoms with van der Waals surface area (Å²) in [6.07, 6.45) is 5.56. The Bertz CT molecular complexity index is 618. The van der Waals surface area contributed by atoms with Crippen molar-refractivity contribution in [3.05, 3.63) is 29.5 Å². The molecule has 0 radical (unpaired) electrons. The summed E-state index contributed by atoms with van der Waals surface area (Å²) < 4.78 is 2.04. The van der Waals surface area contributed by atoms with Crippen LogP contribution in [0.15, 0.2) is 24.5 Å². The van der Waals surface area contributed by atoms with Gasteiger partial charge in [-0.2, -0.15) is 5.10 Å². The molecule has 6 nitrogen and oxygen atoms in total. The Hall–Kier alpha value is -1.79. The number of rotatable bonds is 3. The molecule has 0 atom stereocenters. The second-order valence-corrected chi connectivity index (χ2v) is 5.82. The average Bonchev–Trinajstić information content (AvgIpc) is 2.92. The van der Waals surface area contributed by atoms with Gasteiger partial charge in [-0.1, -0.05) is 11.6 Å².